The highest BCUT2D eigenvalue weighted by Crippen LogP contribution is 2.39. The molecule has 7 heteroatoms. The first-order valence-electron chi connectivity index (χ1n) is 8.44. The van der Waals surface area contributed by atoms with E-state index in [4.69, 9.17) is 0 Å². The number of amides is 1. The van der Waals surface area contributed by atoms with Crippen molar-refractivity contribution in [2.75, 3.05) is 5.75 Å². The van der Waals surface area contributed by atoms with Gasteiger partial charge in [0, 0.05) is 6.54 Å². The van der Waals surface area contributed by atoms with Crippen molar-refractivity contribution in [1.29, 1.82) is 5.26 Å². The molecule has 1 aromatic carbocycles. The molecule has 6 nitrogen and oxygen atoms in total. The van der Waals surface area contributed by atoms with Crippen molar-refractivity contribution in [3.8, 4) is 6.07 Å². The predicted molar refractivity (Wildman–Crippen MR) is 102 cm³/mol. The fourth-order valence-corrected chi connectivity index (χ4v) is 3.69. The van der Waals surface area contributed by atoms with Gasteiger partial charge in [-0.15, -0.1) is 6.58 Å². The number of benzene rings is 1. The number of carbonyl (C=O) groups excluding carboxylic acids is 1. The first-order chi connectivity index (χ1) is 12.5. The lowest BCUT2D eigenvalue weighted by Crippen LogP contribution is -2.47. The number of hydrogen-bond donors (Lipinski definition) is 1. The summed E-state index contributed by atoms with van der Waals surface area (Å²) in [6.45, 7) is 5.76. The van der Waals surface area contributed by atoms with Crippen molar-refractivity contribution in [2.24, 2.45) is 5.92 Å². The van der Waals surface area contributed by atoms with Crippen molar-refractivity contribution in [3.63, 3.8) is 0 Å². The molecule has 2 aromatic rings. The maximum absolute atomic E-state index is 12.7. The number of para-hydroxylation sites is 1. The lowest BCUT2D eigenvalue weighted by atomic mass is 9.98. The molecule has 1 aromatic heterocycles. The third kappa shape index (κ3) is 3.65. The van der Waals surface area contributed by atoms with E-state index >= 15 is 0 Å². The summed E-state index contributed by atoms with van der Waals surface area (Å²) in [5.41, 5.74) is -0.381. The summed E-state index contributed by atoms with van der Waals surface area (Å²) in [6, 6.07) is 9.34. The fraction of sp³-hybridized carbons (Fsp3) is 0.368. The van der Waals surface area contributed by atoms with Crippen LogP contribution < -0.4 is 10.9 Å². The van der Waals surface area contributed by atoms with Crippen LogP contribution in [0.4, 0.5) is 0 Å². The van der Waals surface area contributed by atoms with E-state index in [9.17, 15) is 14.9 Å². The van der Waals surface area contributed by atoms with E-state index in [2.05, 4.69) is 22.9 Å². The molecule has 1 amide bonds. The summed E-state index contributed by atoms with van der Waals surface area (Å²) in [5.74, 6) is 0.0732. The van der Waals surface area contributed by atoms with E-state index < -0.39 is 5.54 Å². The van der Waals surface area contributed by atoms with Gasteiger partial charge in [0.05, 0.1) is 22.7 Å². The van der Waals surface area contributed by atoms with Crippen molar-refractivity contribution in [2.45, 2.75) is 37.0 Å². The van der Waals surface area contributed by atoms with Crippen LogP contribution >= 0.6 is 11.8 Å². The second-order valence-electron chi connectivity index (χ2n) is 6.54. The number of allylic oxidation sites excluding steroid dienone is 1. The molecule has 134 valence electrons. The average Bonchev–Trinajstić information content (AvgIpc) is 3.48. The van der Waals surface area contributed by atoms with Gasteiger partial charge in [0.1, 0.15) is 5.54 Å². The largest absolute Gasteiger partial charge is 0.337 e. The first kappa shape index (κ1) is 18.2. The molecule has 0 radical (unpaired) electrons. The van der Waals surface area contributed by atoms with Gasteiger partial charge in [0.25, 0.3) is 5.56 Å². The van der Waals surface area contributed by atoms with Gasteiger partial charge in [-0.3, -0.25) is 14.2 Å². The number of nitrogens with one attached hydrogen (secondary N) is 1. The van der Waals surface area contributed by atoms with Crippen LogP contribution in [0.25, 0.3) is 10.9 Å². The fourth-order valence-electron chi connectivity index (χ4n) is 2.89. The molecule has 0 unspecified atom stereocenters. The monoisotopic (exact) mass is 368 g/mol. The number of aromatic nitrogens is 2. The topological polar surface area (TPSA) is 87.8 Å². The van der Waals surface area contributed by atoms with Crippen molar-refractivity contribution in [3.05, 3.63) is 47.3 Å². The van der Waals surface area contributed by atoms with E-state index in [0.29, 0.717) is 22.6 Å². The lowest BCUT2D eigenvalue weighted by molar-refractivity contribution is -0.119. The van der Waals surface area contributed by atoms with Gasteiger partial charge in [0.15, 0.2) is 5.16 Å². The summed E-state index contributed by atoms with van der Waals surface area (Å²) >= 11 is 1.19. The third-order valence-electron chi connectivity index (χ3n) is 4.50. The minimum absolute atomic E-state index is 0.0892. The Morgan fingerprint density at radius 2 is 2.27 bits per heavy atom. The summed E-state index contributed by atoms with van der Waals surface area (Å²) in [5, 5.41) is 13.2. The SMILES string of the molecule is C=CCn1c(SCC(=O)N[C@](C)(C#N)C2CC2)nc2ccccc2c1=O. The normalized spacial score (nSPS) is 15.8. The molecule has 1 aliphatic carbocycles. The van der Waals surface area contributed by atoms with Crippen molar-refractivity contribution < 1.29 is 4.79 Å². The molecule has 1 fully saturated rings. The number of nitrogens with zero attached hydrogens (tertiary/aromatic N) is 3. The van der Waals surface area contributed by atoms with Gasteiger partial charge >= 0.3 is 0 Å². The molecule has 1 N–H and O–H groups in total. The Balaban J connectivity index is 1.81. The van der Waals surface area contributed by atoms with Crippen LogP contribution in [0.5, 0.6) is 0 Å². The second kappa shape index (κ2) is 7.34. The molecular weight excluding hydrogens is 348 g/mol. The maximum Gasteiger partial charge on any atom is 0.262 e. The number of rotatable bonds is 7. The highest BCUT2D eigenvalue weighted by atomic mass is 32.2. The van der Waals surface area contributed by atoms with Crippen LogP contribution in [0.1, 0.15) is 19.8 Å². The van der Waals surface area contributed by atoms with Crippen molar-refractivity contribution >= 4 is 28.6 Å². The van der Waals surface area contributed by atoms with E-state index in [1.54, 1.807) is 31.2 Å². The highest BCUT2D eigenvalue weighted by molar-refractivity contribution is 7.99. The van der Waals surface area contributed by atoms with Crippen LogP contribution in [-0.2, 0) is 11.3 Å². The second-order valence-corrected chi connectivity index (χ2v) is 7.48. The van der Waals surface area contributed by atoms with E-state index in [1.807, 2.05) is 6.07 Å². The molecule has 0 bridgehead atoms. The van der Waals surface area contributed by atoms with E-state index in [1.165, 1.54) is 16.3 Å². The zero-order chi connectivity index (χ0) is 18.7. The predicted octanol–water partition coefficient (Wildman–Crippen LogP) is 2.48. The Labute approximate surface area is 155 Å². The van der Waals surface area contributed by atoms with Crippen LogP contribution in [-0.4, -0.2) is 26.8 Å². The lowest BCUT2D eigenvalue weighted by Gasteiger charge is -2.22. The Hall–Kier alpha value is -2.59. The number of nitriles is 1. The van der Waals surface area contributed by atoms with E-state index in [0.717, 1.165) is 12.8 Å². The molecule has 0 saturated heterocycles. The van der Waals surface area contributed by atoms with Gasteiger partial charge in [0.2, 0.25) is 5.91 Å². The Morgan fingerprint density at radius 3 is 2.92 bits per heavy atom. The number of thioether (sulfide) groups is 1. The highest BCUT2D eigenvalue weighted by Gasteiger charge is 2.42. The standard InChI is InChI=1S/C19H20N4O2S/c1-3-10-23-17(25)14-6-4-5-7-15(14)21-18(23)26-11-16(24)22-19(2,12-20)13-8-9-13/h3-7,13H,1,8-11H2,2H3,(H,22,24)/t19-/m1/s1. The van der Waals surface area contributed by atoms with Crippen LogP contribution in [0.3, 0.4) is 0 Å². The smallest absolute Gasteiger partial charge is 0.262 e. The van der Waals surface area contributed by atoms with Gasteiger partial charge in [-0.25, -0.2) is 4.98 Å². The third-order valence-corrected chi connectivity index (χ3v) is 5.47. The van der Waals surface area contributed by atoms with Crippen molar-refractivity contribution in [1.82, 2.24) is 14.9 Å². The van der Waals surface area contributed by atoms with Gasteiger partial charge < -0.3 is 5.32 Å². The molecule has 3 rings (SSSR count). The summed E-state index contributed by atoms with van der Waals surface area (Å²) < 4.78 is 1.51. The molecular formula is C19H20N4O2S. The summed E-state index contributed by atoms with van der Waals surface area (Å²) in [6.07, 6.45) is 3.55. The van der Waals surface area contributed by atoms with Gasteiger partial charge in [-0.05, 0) is 37.8 Å². The average molecular weight is 368 g/mol. The molecule has 1 aliphatic rings. The Morgan fingerprint density at radius 1 is 1.54 bits per heavy atom. The van der Waals surface area contributed by atoms with Gasteiger partial charge in [-0.1, -0.05) is 30.0 Å². The zero-order valence-electron chi connectivity index (χ0n) is 14.6. The van der Waals surface area contributed by atoms with Crippen LogP contribution in [0.2, 0.25) is 0 Å². The molecule has 0 spiro atoms. The maximum atomic E-state index is 12.7. The molecule has 1 saturated carbocycles. The summed E-state index contributed by atoms with van der Waals surface area (Å²) in [4.78, 5) is 29.5. The molecule has 26 heavy (non-hydrogen) atoms. The zero-order valence-corrected chi connectivity index (χ0v) is 15.4. The molecule has 0 aliphatic heterocycles. The Bertz CT molecular complexity index is 958. The molecule has 1 heterocycles. The number of hydrogen-bond acceptors (Lipinski definition) is 5. The first-order valence-corrected chi connectivity index (χ1v) is 9.42. The minimum Gasteiger partial charge on any atom is -0.337 e. The number of carbonyl (C=O) groups is 1. The van der Waals surface area contributed by atoms with E-state index in [-0.39, 0.29) is 23.1 Å². The quantitative estimate of drug-likeness (QED) is 0.461. The minimum atomic E-state index is -0.824. The summed E-state index contributed by atoms with van der Waals surface area (Å²) in [7, 11) is 0. The van der Waals surface area contributed by atoms with Gasteiger partial charge in [-0.2, -0.15) is 5.26 Å². The van der Waals surface area contributed by atoms with Crippen LogP contribution in [0, 0.1) is 17.2 Å². The molecule has 1 atom stereocenters. The Kier molecular flexibility index (Phi) is 5.14. The number of fused-ring (bicyclic) bond motifs is 1. The van der Waals surface area contributed by atoms with Crippen LogP contribution in [0.15, 0.2) is 46.9 Å².